The van der Waals surface area contributed by atoms with Crippen molar-refractivity contribution in [1.29, 1.82) is 10.5 Å². The van der Waals surface area contributed by atoms with Crippen molar-refractivity contribution in [1.82, 2.24) is 5.32 Å². The van der Waals surface area contributed by atoms with Crippen molar-refractivity contribution in [3.8, 4) is 23.6 Å². The number of carbonyl (C=O) groups excluding carboxylic acids is 1. The lowest BCUT2D eigenvalue weighted by Gasteiger charge is -2.09. The molecule has 2 aromatic carbocycles. The van der Waals surface area contributed by atoms with E-state index in [1.807, 2.05) is 24.3 Å². The Labute approximate surface area is 172 Å². The van der Waals surface area contributed by atoms with Crippen molar-refractivity contribution in [2.75, 3.05) is 13.7 Å². The molecule has 28 heavy (non-hydrogen) atoms. The number of carbonyl (C=O) groups is 1. The fraction of sp³-hybridized carbons (Fsp3) is 0.150. The number of ether oxygens (including phenoxy) is 2. The Balaban J connectivity index is 2.12. The van der Waals surface area contributed by atoms with E-state index in [1.54, 1.807) is 19.2 Å². The van der Waals surface area contributed by atoms with E-state index in [2.05, 4.69) is 5.32 Å². The molecule has 0 aliphatic heterocycles. The molecule has 142 valence electrons. The molecule has 0 radical (unpaired) electrons. The minimum absolute atomic E-state index is 0.105. The lowest BCUT2D eigenvalue weighted by Crippen LogP contribution is -2.23. The molecule has 1 N–H and O–H groups in total. The summed E-state index contributed by atoms with van der Waals surface area (Å²) in [4.78, 5) is 12.3. The normalized spacial score (nSPS) is 10.5. The van der Waals surface area contributed by atoms with Gasteiger partial charge in [-0.1, -0.05) is 35.3 Å². The Kier molecular flexibility index (Phi) is 7.71. The van der Waals surface area contributed by atoms with Crippen LogP contribution in [0.4, 0.5) is 0 Å². The average molecular weight is 416 g/mol. The lowest BCUT2D eigenvalue weighted by molar-refractivity contribution is -0.117. The predicted molar refractivity (Wildman–Crippen MR) is 106 cm³/mol. The summed E-state index contributed by atoms with van der Waals surface area (Å²) in [5, 5.41) is 20.9. The van der Waals surface area contributed by atoms with Gasteiger partial charge in [-0.2, -0.15) is 10.5 Å². The zero-order valence-electron chi connectivity index (χ0n) is 14.8. The molecule has 0 heterocycles. The second-order valence-corrected chi connectivity index (χ2v) is 6.28. The molecule has 8 heteroatoms. The highest BCUT2D eigenvalue weighted by atomic mass is 35.5. The molecule has 1 amide bonds. The minimum atomic E-state index is -0.532. The number of nitrogens with zero attached hydrogens (tertiary/aromatic N) is 2. The maximum absolute atomic E-state index is 12.3. The molecule has 0 aliphatic carbocycles. The number of rotatable bonds is 7. The standard InChI is InChI=1S/C20H15Cl2N3O3/c1-27-16-4-2-13(3-5-16)12-25-20(26)15(11-24)8-14-9-17(21)19(18(22)10-14)28-7-6-23/h2-5,8-10H,7,12H2,1H3,(H,25,26)/b15-8-. The summed E-state index contributed by atoms with van der Waals surface area (Å²) in [6.45, 7) is 0.0517. The molecule has 0 fully saturated rings. The second-order valence-electron chi connectivity index (χ2n) is 5.46. The number of nitriles is 2. The van der Waals surface area contributed by atoms with Gasteiger partial charge in [0.25, 0.3) is 5.91 Å². The average Bonchev–Trinajstić information content (AvgIpc) is 2.70. The Morgan fingerprint density at radius 2 is 1.82 bits per heavy atom. The van der Waals surface area contributed by atoms with Crippen LogP contribution in [0.5, 0.6) is 11.5 Å². The van der Waals surface area contributed by atoms with Gasteiger partial charge < -0.3 is 14.8 Å². The number of halogens is 2. The molecule has 0 spiro atoms. The smallest absolute Gasteiger partial charge is 0.262 e. The SMILES string of the molecule is COc1ccc(CNC(=O)/C(C#N)=C\c2cc(Cl)c(OCC#N)c(Cl)c2)cc1. The van der Waals surface area contributed by atoms with Crippen molar-refractivity contribution < 1.29 is 14.3 Å². The molecule has 2 rings (SSSR count). The van der Waals surface area contributed by atoms with E-state index in [0.29, 0.717) is 11.3 Å². The van der Waals surface area contributed by atoms with Gasteiger partial charge >= 0.3 is 0 Å². The number of nitrogens with one attached hydrogen (secondary N) is 1. The zero-order valence-corrected chi connectivity index (χ0v) is 16.3. The van der Waals surface area contributed by atoms with E-state index in [-0.39, 0.29) is 34.5 Å². The molecule has 6 nitrogen and oxygen atoms in total. The third kappa shape index (κ3) is 5.65. The van der Waals surface area contributed by atoms with Crippen LogP contribution >= 0.6 is 23.2 Å². The van der Waals surface area contributed by atoms with Gasteiger partial charge in [0.1, 0.15) is 23.5 Å². The van der Waals surface area contributed by atoms with Crippen LogP contribution < -0.4 is 14.8 Å². The molecule has 0 aromatic heterocycles. The Morgan fingerprint density at radius 1 is 1.18 bits per heavy atom. The topological polar surface area (TPSA) is 95.1 Å². The van der Waals surface area contributed by atoms with Gasteiger partial charge in [-0.15, -0.1) is 0 Å². The van der Waals surface area contributed by atoms with Crippen LogP contribution in [0, 0.1) is 22.7 Å². The van der Waals surface area contributed by atoms with Gasteiger partial charge in [0.15, 0.2) is 12.4 Å². The van der Waals surface area contributed by atoms with Gasteiger partial charge in [-0.3, -0.25) is 4.79 Å². The number of benzene rings is 2. The molecule has 0 atom stereocenters. The van der Waals surface area contributed by atoms with Crippen LogP contribution in [0.2, 0.25) is 10.0 Å². The molecular weight excluding hydrogens is 401 g/mol. The predicted octanol–water partition coefficient (Wildman–Crippen LogP) is 4.13. The van der Waals surface area contributed by atoms with Crippen LogP contribution in [0.3, 0.4) is 0 Å². The monoisotopic (exact) mass is 415 g/mol. The van der Waals surface area contributed by atoms with Crippen LogP contribution in [0.25, 0.3) is 6.08 Å². The van der Waals surface area contributed by atoms with Crippen LogP contribution in [-0.4, -0.2) is 19.6 Å². The second kappa shape index (κ2) is 10.2. The van der Waals surface area contributed by atoms with Gasteiger partial charge in [-0.25, -0.2) is 0 Å². The summed E-state index contributed by atoms with van der Waals surface area (Å²) < 4.78 is 10.2. The van der Waals surface area contributed by atoms with E-state index >= 15 is 0 Å². The van der Waals surface area contributed by atoms with Crippen molar-refractivity contribution in [3.05, 3.63) is 63.1 Å². The number of methoxy groups -OCH3 is 1. The highest BCUT2D eigenvalue weighted by molar-refractivity contribution is 6.37. The third-order valence-corrected chi connectivity index (χ3v) is 4.15. The van der Waals surface area contributed by atoms with Gasteiger partial charge in [0.2, 0.25) is 0 Å². The molecule has 0 aliphatic rings. The largest absolute Gasteiger partial charge is 0.497 e. The fourth-order valence-electron chi connectivity index (χ4n) is 2.24. The van der Waals surface area contributed by atoms with Crippen molar-refractivity contribution in [2.45, 2.75) is 6.54 Å². The molecule has 0 saturated heterocycles. The van der Waals surface area contributed by atoms with E-state index in [9.17, 15) is 10.1 Å². The number of hydrogen-bond acceptors (Lipinski definition) is 5. The highest BCUT2D eigenvalue weighted by Gasteiger charge is 2.12. The summed E-state index contributed by atoms with van der Waals surface area (Å²) in [7, 11) is 1.57. The minimum Gasteiger partial charge on any atom is -0.497 e. The third-order valence-electron chi connectivity index (χ3n) is 3.59. The Bertz CT molecular complexity index is 951. The Morgan fingerprint density at radius 3 is 2.36 bits per heavy atom. The van der Waals surface area contributed by atoms with Crippen LogP contribution in [0.15, 0.2) is 42.0 Å². The van der Waals surface area contributed by atoms with Crippen LogP contribution in [0.1, 0.15) is 11.1 Å². The summed E-state index contributed by atoms with van der Waals surface area (Å²) in [5.41, 5.74) is 1.21. The van der Waals surface area contributed by atoms with Gasteiger partial charge in [0.05, 0.1) is 17.2 Å². The first kappa shape index (κ1) is 21.1. The first-order valence-corrected chi connectivity index (χ1v) is 8.75. The summed E-state index contributed by atoms with van der Waals surface area (Å²) >= 11 is 12.2. The summed E-state index contributed by atoms with van der Waals surface area (Å²) in [5.74, 6) is 0.350. The number of amides is 1. The van der Waals surface area contributed by atoms with Gasteiger partial charge in [0, 0.05) is 6.54 Å². The van der Waals surface area contributed by atoms with Crippen LogP contribution in [-0.2, 0) is 11.3 Å². The first-order chi connectivity index (χ1) is 13.5. The molecule has 0 saturated carbocycles. The molecular formula is C20H15Cl2N3O3. The summed E-state index contributed by atoms with van der Waals surface area (Å²) in [6.07, 6.45) is 1.37. The molecule has 0 unspecified atom stereocenters. The number of hydrogen-bond donors (Lipinski definition) is 1. The molecule has 0 bridgehead atoms. The maximum Gasteiger partial charge on any atom is 0.262 e. The van der Waals surface area contributed by atoms with E-state index in [0.717, 1.165) is 5.56 Å². The first-order valence-electron chi connectivity index (χ1n) is 8.00. The Hall–Kier alpha value is -3.19. The zero-order chi connectivity index (χ0) is 20.5. The van der Waals surface area contributed by atoms with Crippen molar-refractivity contribution in [3.63, 3.8) is 0 Å². The van der Waals surface area contributed by atoms with E-state index in [4.69, 9.17) is 37.9 Å². The quantitative estimate of drug-likeness (QED) is 0.541. The molecule has 2 aromatic rings. The summed E-state index contributed by atoms with van der Waals surface area (Å²) in [6, 6.07) is 13.9. The maximum atomic E-state index is 12.3. The van der Waals surface area contributed by atoms with E-state index < -0.39 is 5.91 Å². The lowest BCUT2D eigenvalue weighted by atomic mass is 10.1. The highest BCUT2D eigenvalue weighted by Crippen LogP contribution is 2.34. The van der Waals surface area contributed by atoms with Crippen molar-refractivity contribution >= 4 is 35.2 Å². The van der Waals surface area contributed by atoms with Crippen molar-refractivity contribution in [2.24, 2.45) is 0 Å². The fourth-order valence-corrected chi connectivity index (χ4v) is 2.85. The van der Waals surface area contributed by atoms with E-state index in [1.165, 1.54) is 18.2 Å². The van der Waals surface area contributed by atoms with Gasteiger partial charge in [-0.05, 0) is 41.5 Å².